The van der Waals surface area contributed by atoms with Crippen LogP contribution in [-0.2, 0) is 37.5 Å². The normalized spacial score (nSPS) is 23.4. The van der Waals surface area contributed by atoms with E-state index < -0.39 is 69.5 Å². The number of aliphatic hydroxyl groups excluding tert-OH is 1. The number of piperidine rings is 4. The highest BCUT2D eigenvalue weighted by molar-refractivity contribution is 7.54. The molecule has 24 nitrogen and oxygen atoms in total. The van der Waals surface area contributed by atoms with Gasteiger partial charge in [-0.2, -0.15) is 30.4 Å². The third-order valence-electron chi connectivity index (χ3n) is 21.2. The lowest BCUT2D eigenvalue weighted by Gasteiger charge is -2.50. The molecule has 0 aromatic heterocycles. The van der Waals surface area contributed by atoms with Gasteiger partial charge in [0.05, 0.1) is 30.8 Å². The van der Waals surface area contributed by atoms with Crippen LogP contribution in [0.25, 0.3) is 0 Å². The average Bonchev–Trinajstić information content (AvgIpc) is 1.64. The first-order valence-corrected chi connectivity index (χ1v) is 41.1. The molecule has 5 saturated heterocycles. The van der Waals surface area contributed by atoms with E-state index in [1.165, 1.54) is 37.3 Å². The van der Waals surface area contributed by atoms with E-state index in [2.05, 4.69) is 98.0 Å². The van der Waals surface area contributed by atoms with Crippen molar-refractivity contribution in [2.75, 3.05) is 13.2 Å². The number of carboxylic acid groups (broad SMARTS) is 1. The minimum absolute atomic E-state index is 0. The van der Waals surface area contributed by atoms with Gasteiger partial charge in [-0.05, 0) is 262 Å². The molecule has 1 aromatic rings. The van der Waals surface area contributed by atoms with Crippen LogP contribution in [0.1, 0.15) is 356 Å². The predicted molar refractivity (Wildman–Crippen MR) is 427 cm³/mol. The van der Waals surface area contributed by atoms with E-state index in [9.17, 15) is 55.3 Å². The molecule has 1 aromatic carbocycles. The lowest BCUT2D eigenvalue weighted by Crippen LogP contribution is -2.60. The lowest BCUT2D eigenvalue weighted by atomic mass is 9.80. The van der Waals surface area contributed by atoms with Gasteiger partial charge < -0.3 is 70.8 Å². The number of rotatable bonds is 21. The summed E-state index contributed by atoms with van der Waals surface area (Å²) in [6.45, 7) is 65.6. The Balaban J connectivity index is 0.00000134. The van der Waals surface area contributed by atoms with E-state index in [0.717, 1.165) is 56.4 Å². The molecule has 6 rings (SSSR count). The van der Waals surface area contributed by atoms with Crippen molar-refractivity contribution in [1.82, 2.24) is 35.7 Å². The summed E-state index contributed by atoms with van der Waals surface area (Å²) in [4.78, 5) is 35.6. The van der Waals surface area contributed by atoms with Crippen LogP contribution in [0.3, 0.4) is 0 Å². The third-order valence-corrected chi connectivity index (χ3v) is 24.0. The number of ether oxygens (including phenoxy) is 2. The van der Waals surface area contributed by atoms with Crippen molar-refractivity contribution in [1.29, 1.82) is 0 Å². The van der Waals surface area contributed by atoms with Crippen molar-refractivity contribution in [2.45, 2.75) is 441 Å². The summed E-state index contributed by atoms with van der Waals surface area (Å²) in [7, 11) is -3.43. The quantitative estimate of drug-likeness (QED) is 0.0239. The van der Waals surface area contributed by atoms with Gasteiger partial charge >= 0.3 is 25.5 Å². The number of benzene rings is 1. The molecule has 5 heterocycles. The summed E-state index contributed by atoms with van der Waals surface area (Å²) in [5, 5.41) is 90.8. The van der Waals surface area contributed by atoms with Gasteiger partial charge in [0.1, 0.15) is 18.0 Å². The summed E-state index contributed by atoms with van der Waals surface area (Å²) in [6.07, 6.45) is 13.5. The predicted octanol–water partition coefficient (Wildman–Crippen LogP) is 18.2. The minimum Gasteiger partial charge on any atom is -0.481 e. The van der Waals surface area contributed by atoms with Crippen LogP contribution in [0.2, 0.25) is 0 Å². The van der Waals surface area contributed by atoms with Gasteiger partial charge in [0.15, 0.2) is 0 Å². The monoisotopic (exact) mass is 1550 g/mol. The summed E-state index contributed by atoms with van der Waals surface area (Å²) in [5.74, 6) is -1.77. The molecule has 5 fully saturated rings. The molecule has 5 aliphatic rings. The van der Waals surface area contributed by atoms with E-state index >= 15 is 0 Å². The molecule has 5 aliphatic heterocycles. The fourth-order valence-corrected chi connectivity index (χ4v) is 18.9. The number of hydroxylamine groups is 12. The van der Waals surface area contributed by atoms with Crippen LogP contribution in [0, 0.1) is 17.3 Å². The second-order valence-corrected chi connectivity index (χ2v) is 42.4. The molecule has 3 atom stereocenters. The highest BCUT2D eigenvalue weighted by Gasteiger charge is 2.55. The summed E-state index contributed by atoms with van der Waals surface area (Å²) >= 11 is 0. The fourth-order valence-electron chi connectivity index (χ4n) is 16.3. The second kappa shape index (κ2) is 41.0. The Bertz CT molecular complexity index is 2710. The van der Waals surface area contributed by atoms with Crippen molar-refractivity contribution in [2.24, 2.45) is 17.3 Å². The number of aliphatic carboxylic acids is 1. The van der Waals surface area contributed by atoms with Crippen molar-refractivity contribution < 1.29 is 84.4 Å². The average molecular weight is 1550 g/mol. The first kappa shape index (κ1) is 104. The van der Waals surface area contributed by atoms with Crippen LogP contribution in [-0.4, -0.2) is 199 Å². The van der Waals surface area contributed by atoms with Gasteiger partial charge in [0.2, 0.25) is 0 Å². The fraction of sp³-hybridized carbons (Fsp3) is 0.890. The molecular formula is C82H162N7O17P. The Morgan fingerprint density at radius 3 is 1.10 bits per heavy atom. The van der Waals surface area contributed by atoms with Gasteiger partial charge in [-0.3, -0.25) is 18.9 Å². The highest BCUT2D eigenvalue weighted by atomic mass is 31.2. The maximum absolute atomic E-state index is 13.0. The number of carboxylic acids is 1. The first-order chi connectivity index (χ1) is 47.6. The van der Waals surface area contributed by atoms with E-state index in [0.29, 0.717) is 69.7 Å². The number of nitrogens with zero attached hydrogens (tertiary/aromatic N) is 6. The van der Waals surface area contributed by atoms with E-state index in [1.807, 2.05) is 138 Å². The first-order valence-electron chi connectivity index (χ1n) is 39.5. The van der Waals surface area contributed by atoms with E-state index in [1.54, 1.807) is 27.7 Å². The minimum atomic E-state index is -3.43. The molecule has 0 aliphatic carbocycles. The van der Waals surface area contributed by atoms with Crippen molar-refractivity contribution in [3.05, 3.63) is 35.9 Å². The van der Waals surface area contributed by atoms with E-state index in [4.69, 9.17) is 23.6 Å². The van der Waals surface area contributed by atoms with Crippen LogP contribution in [0.15, 0.2) is 30.3 Å². The molecule has 107 heavy (non-hydrogen) atoms. The molecule has 0 bridgehead atoms. The SMILES string of the molecule is CC(C)C(NC(C)(C)C)c1ccccc1.CC1(C)CC(C(=O)O)C(C)(C)N1O.CC1(C)CC(O)CC(C)(C)N1O.CC1(C)CC(OC(=O)CCCCCCCCC(=O)OC2CC(C)(C)N(O)C(C)(C)C2)CC(C)(C)N1O.CC1(C)CCCC(C)(C)N1O.CCOP(=O)(OCC)C(N(O)C(C)(C)C)C(C)(C)C.O. The summed E-state index contributed by atoms with van der Waals surface area (Å²) in [5.41, 5.74) is -3.04. The van der Waals surface area contributed by atoms with Crippen LogP contribution in [0.5, 0.6) is 0 Å². The Kier molecular flexibility index (Phi) is 39.9. The molecule has 0 saturated carbocycles. The Hall–Kier alpha value is -2.82. The number of unbranched alkanes of at least 4 members (excludes halogenated alkanes) is 5. The molecule has 25 heteroatoms. The van der Waals surface area contributed by atoms with Gasteiger partial charge in [-0.1, -0.05) is 90.6 Å². The van der Waals surface area contributed by atoms with Gasteiger partial charge in [-0.25, -0.2) is 0 Å². The number of hydrogen-bond acceptors (Lipinski definition) is 22. The van der Waals surface area contributed by atoms with E-state index in [-0.39, 0.29) is 76.6 Å². The standard InChI is InChI=1S/C28H52N2O6.C14H23N.C13H30NO4P.C9H17NO3.C9H19NO2.C9H19NO.H2O/c1-25(2)17-21(18-26(3,4)29(25)33)35-23(31)15-13-11-9-10-12-14-16-24(32)36-22-19-27(5,6)30(34)28(7,8)20-22;1-11(2)13(15-14(3,4)5)12-9-7-6-8-10-12;1-9-17-19(16,18-10-2)11(12(3,4)5)14(15)13(6,7)8;1-8(2)5-6(7(11)12)9(3,4)10(8)13;1-8(2)5-7(11)6-9(3,4)10(8)12;1-8(2)6-5-7-9(3,4)10(8)11;/h21-22,33-34H,9-20H2,1-8H3;6-11,13,15H,1-5H3;11,15H,9-10H2,1-8H3;6,13H,5H2,1-4H3,(H,11,12);7,11-12H,5-6H2,1-4H3;11H,5-7H2,1-4H3;1H2. The van der Waals surface area contributed by atoms with Crippen molar-refractivity contribution in [3.63, 3.8) is 0 Å². The Morgan fingerprint density at radius 1 is 0.523 bits per heavy atom. The van der Waals surface area contributed by atoms with Gasteiger partial charge in [0, 0.05) is 105 Å². The Morgan fingerprint density at radius 2 is 0.841 bits per heavy atom. The van der Waals surface area contributed by atoms with Gasteiger partial charge in [-0.15, -0.1) is 0 Å². The zero-order valence-electron chi connectivity index (χ0n) is 73.5. The number of esters is 2. The van der Waals surface area contributed by atoms with Crippen LogP contribution < -0.4 is 5.32 Å². The van der Waals surface area contributed by atoms with Crippen molar-refractivity contribution >= 4 is 25.5 Å². The molecule has 0 radical (unpaired) electrons. The van der Waals surface area contributed by atoms with Gasteiger partial charge in [0.25, 0.3) is 0 Å². The molecule has 3 unspecified atom stereocenters. The smallest absolute Gasteiger partial charge is 0.350 e. The molecule has 632 valence electrons. The van der Waals surface area contributed by atoms with Crippen LogP contribution in [0.4, 0.5) is 0 Å². The number of carbonyl (C=O) groups excluding carboxylic acids is 2. The lowest BCUT2D eigenvalue weighted by molar-refractivity contribution is -0.259. The molecule has 0 spiro atoms. The highest BCUT2D eigenvalue weighted by Crippen LogP contribution is 2.60. The third kappa shape index (κ3) is 32.5. The number of carbonyl (C=O) groups is 3. The largest absolute Gasteiger partial charge is 0.481 e. The maximum Gasteiger partial charge on any atom is 0.350 e. The Labute approximate surface area is 649 Å². The number of aliphatic hydroxyl groups is 1. The van der Waals surface area contributed by atoms with Crippen LogP contribution >= 0.6 is 7.60 Å². The zero-order valence-corrected chi connectivity index (χ0v) is 74.4. The molecular weight excluding hydrogens is 1390 g/mol. The van der Waals surface area contributed by atoms with Crippen molar-refractivity contribution in [3.8, 4) is 0 Å². The number of nitrogens with one attached hydrogen (secondary N) is 1. The number of hydrogen-bond donors (Lipinski definition) is 9. The molecule has 11 N–H and O–H groups in total. The maximum atomic E-state index is 13.0. The molecule has 0 amide bonds. The topological polar surface area (TPSA) is 330 Å². The summed E-state index contributed by atoms with van der Waals surface area (Å²) in [6, 6.07) is 11.1. The second-order valence-electron chi connectivity index (χ2n) is 40.4. The summed E-state index contributed by atoms with van der Waals surface area (Å²) < 4.78 is 35.3. The zero-order chi connectivity index (χ0) is 83.0.